The van der Waals surface area contributed by atoms with Gasteiger partial charge in [-0.05, 0) is 47.4 Å². The summed E-state index contributed by atoms with van der Waals surface area (Å²) in [5.74, 6) is 0.724. The minimum absolute atomic E-state index is 0.396. The van der Waals surface area contributed by atoms with Crippen molar-refractivity contribution in [2.24, 2.45) is 4.99 Å². The largest absolute Gasteiger partial charge is 0.488 e. The summed E-state index contributed by atoms with van der Waals surface area (Å²) >= 11 is 0. The highest BCUT2D eigenvalue weighted by molar-refractivity contribution is 5.98. The van der Waals surface area contributed by atoms with E-state index in [1.54, 1.807) is 6.20 Å². The van der Waals surface area contributed by atoms with Crippen LogP contribution < -0.4 is 4.74 Å². The first kappa shape index (κ1) is 19.8. The van der Waals surface area contributed by atoms with Gasteiger partial charge in [0.1, 0.15) is 18.2 Å². The molecular weight excluding hydrogens is 405 g/mol. The molecule has 1 aliphatic heterocycles. The van der Waals surface area contributed by atoms with Crippen LogP contribution in [0.4, 0.5) is 4.39 Å². The maximum Gasteiger partial charge on any atom is 0.219 e. The molecule has 1 aromatic heterocycles. The second kappa shape index (κ2) is 8.93. The highest BCUT2D eigenvalue weighted by Gasteiger charge is 2.15. The van der Waals surface area contributed by atoms with Gasteiger partial charge in [0.15, 0.2) is 0 Å². The molecule has 0 atom stereocenters. The summed E-state index contributed by atoms with van der Waals surface area (Å²) in [7, 11) is 0. The van der Waals surface area contributed by atoms with Crippen LogP contribution in [0.5, 0.6) is 5.75 Å². The predicted molar refractivity (Wildman–Crippen MR) is 120 cm³/mol. The Balaban J connectivity index is 1.45. The molecule has 0 aliphatic carbocycles. The number of nitrogens with zero attached hydrogens (tertiary/aromatic N) is 5. The summed E-state index contributed by atoms with van der Waals surface area (Å²) in [5.41, 5.74) is 3.76. The van der Waals surface area contributed by atoms with E-state index in [1.807, 2.05) is 66.7 Å². The van der Waals surface area contributed by atoms with E-state index in [4.69, 9.17) is 4.74 Å². The monoisotopic (exact) mass is 425 g/mol. The molecule has 6 nitrogen and oxygen atoms in total. The average Bonchev–Trinajstić information content (AvgIpc) is 3.34. The molecule has 0 bridgehead atoms. The highest BCUT2D eigenvalue weighted by atomic mass is 19.1. The SMILES string of the molecule is Fc1cc(-c2ccccc2OCc2ccccc2)cc(-n2nnc(C3=NC=CCC3)n2)c1. The fourth-order valence-electron chi connectivity index (χ4n) is 3.52. The number of benzene rings is 3. The van der Waals surface area contributed by atoms with Crippen LogP contribution in [0.25, 0.3) is 16.8 Å². The lowest BCUT2D eigenvalue weighted by molar-refractivity contribution is 0.307. The Hall–Kier alpha value is -4.13. The fourth-order valence-corrected chi connectivity index (χ4v) is 3.52. The van der Waals surface area contributed by atoms with Crippen molar-refractivity contribution in [3.63, 3.8) is 0 Å². The molecule has 5 rings (SSSR count). The predicted octanol–water partition coefficient (Wildman–Crippen LogP) is 5.14. The number of rotatable bonds is 6. The van der Waals surface area contributed by atoms with Crippen molar-refractivity contribution in [1.82, 2.24) is 20.2 Å². The maximum absolute atomic E-state index is 14.6. The Bertz CT molecular complexity index is 1300. The van der Waals surface area contributed by atoms with Crippen LogP contribution in [0.15, 0.2) is 90.1 Å². The van der Waals surface area contributed by atoms with Gasteiger partial charge in [-0.3, -0.25) is 4.99 Å². The van der Waals surface area contributed by atoms with Crippen LogP contribution in [-0.4, -0.2) is 25.9 Å². The summed E-state index contributed by atoms with van der Waals surface area (Å²) in [6.07, 6.45) is 5.37. The summed E-state index contributed by atoms with van der Waals surface area (Å²) in [4.78, 5) is 5.64. The maximum atomic E-state index is 14.6. The van der Waals surface area contributed by atoms with Crippen LogP contribution in [-0.2, 0) is 6.61 Å². The Kier molecular flexibility index (Phi) is 5.53. The quantitative estimate of drug-likeness (QED) is 0.429. The third kappa shape index (κ3) is 4.32. The Morgan fingerprint density at radius 1 is 0.969 bits per heavy atom. The number of hydrogen-bond donors (Lipinski definition) is 0. The number of para-hydroxylation sites is 1. The fraction of sp³-hybridized carbons (Fsp3) is 0.120. The first-order chi connectivity index (χ1) is 15.8. The third-order valence-electron chi connectivity index (χ3n) is 5.10. The van der Waals surface area contributed by atoms with Crippen molar-refractivity contribution in [3.05, 3.63) is 102 Å². The molecule has 2 heterocycles. The lowest BCUT2D eigenvalue weighted by Crippen LogP contribution is -2.06. The first-order valence-electron chi connectivity index (χ1n) is 10.4. The highest BCUT2D eigenvalue weighted by Crippen LogP contribution is 2.32. The Morgan fingerprint density at radius 2 is 1.81 bits per heavy atom. The molecule has 0 radical (unpaired) electrons. The third-order valence-corrected chi connectivity index (χ3v) is 5.10. The Morgan fingerprint density at radius 3 is 2.66 bits per heavy atom. The van der Waals surface area contributed by atoms with Crippen molar-refractivity contribution in [1.29, 1.82) is 0 Å². The molecule has 0 spiro atoms. The summed E-state index contributed by atoms with van der Waals surface area (Å²) in [6, 6.07) is 22.2. The Labute approximate surface area is 184 Å². The zero-order valence-electron chi connectivity index (χ0n) is 17.2. The van der Waals surface area contributed by atoms with Crippen molar-refractivity contribution in [2.45, 2.75) is 19.4 Å². The molecule has 32 heavy (non-hydrogen) atoms. The zero-order chi connectivity index (χ0) is 21.8. The van der Waals surface area contributed by atoms with Gasteiger partial charge in [0.05, 0.1) is 11.4 Å². The van der Waals surface area contributed by atoms with Crippen LogP contribution in [0.1, 0.15) is 24.2 Å². The first-order valence-corrected chi connectivity index (χ1v) is 10.4. The topological polar surface area (TPSA) is 65.2 Å². The van der Waals surface area contributed by atoms with Gasteiger partial charge in [-0.1, -0.05) is 54.6 Å². The smallest absolute Gasteiger partial charge is 0.219 e. The normalized spacial score (nSPS) is 13.1. The summed E-state index contributed by atoms with van der Waals surface area (Å²) in [5, 5.41) is 12.6. The lowest BCUT2D eigenvalue weighted by Gasteiger charge is -2.13. The van der Waals surface area contributed by atoms with Crippen LogP contribution in [0.2, 0.25) is 0 Å². The van der Waals surface area contributed by atoms with Gasteiger partial charge in [0, 0.05) is 17.8 Å². The van der Waals surface area contributed by atoms with Gasteiger partial charge >= 0.3 is 0 Å². The van der Waals surface area contributed by atoms with E-state index in [0.29, 0.717) is 29.4 Å². The summed E-state index contributed by atoms with van der Waals surface area (Å²) in [6.45, 7) is 0.421. The number of aromatic nitrogens is 4. The van der Waals surface area contributed by atoms with E-state index >= 15 is 0 Å². The molecule has 1 aliphatic rings. The number of aliphatic imine (C=N–C) groups is 1. The van der Waals surface area contributed by atoms with E-state index in [2.05, 4.69) is 20.4 Å². The number of tetrazole rings is 1. The molecule has 4 aromatic rings. The van der Waals surface area contributed by atoms with Gasteiger partial charge in [-0.15, -0.1) is 15.0 Å². The van der Waals surface area contributed by atoms with Gasteiger partial charge in [0.2, 0.25) is 5.82 Å². The molecule has 158 valence electrons. The standard InChI is InChI=1S/C25H20FN5O/c26-20-14-19(22-10-4-5-12-24(22)32-17-18-8-2-1-3-9-18)15-21(16-20)31-29-25(28-30-31)23-11-6-7-13-27-23/h1-5,7-10,12-16H,6,11,17H2. The second-order valence-electron chi connectivity index (χ2n) is 7.37. The molecule has 0 fully saturated rings. The molecule has 0 amide bonds. The van der Waals surface area contributed by atoms with Crippen LogP contribution >= 0.6 is 0 Å². The minimum atomic E-state index is -0.396. The lowest BCUT2D eigenvalue weighted by atomic mass is 10.0. The molecule has 0 saturated heterocycles. The van der Waals surface area contributed by atoms with Crippen molar-refractivity contribution >= 4 is 5.71 Å². The van der Waals surface area contributed by atoms with Crippen molar-refractivity contribution in [3.8, 4) is 22.6 Å². The van der Waals surface area contributed by atoms with E-state index in [-0.39, 0.29) is 0 Å². The molecule has 0 N–H and O–H groups in total. The number of hydrogen-bond acceptors (Lipinski definition) is 5. The van der Waals surface area contributed by atoms with Crippen LogP contribution in [0.3, 0.4) is 0 Å². The van der Waals surface area contributed by atoms with Crippen molar-refractivity contribution in [2.75, 3.05) is 0 Å². The van der Waals surface area contributed by atoms with Crippen molar-refractivity contribution < 1.29 is 9.13 Å². The average molecular weight is 425 g/mol. The summed E-state index contributed by atoms with van der Waals surface area (Å²) < 4.78 is 20.6. The second-order valence-corrected chi connectivity index (χ2v) is 7.37. The minimum Gasteiger partial charge on any atom is -0.488 e. The van der Waals surface area contributed by atoms with E-state index < -0.39 is 5.82 Å². The van der Waals surface area contributed by atoms with Crippen LogP contribution in [0, 0.1) is 5.82 Å². The van der Waals surface area contributed by atoms with Gasteiger partial charge in [-0.25, -0.2) is 4.39 Å². The number of halogens is 1. The number of ether oxygens (including phenoxy) is 1. The molecule has 0 saturated carbocycles. The zero-order valence-corrected chi connectivity index (χ0v) is 17.2. The molecular formula is C25H20FN5O. The van der Waals surface area contributed by atoms with Gasteiger partial charge in [-0.2, -0.15) is 0 Å². The molecule has 7 heteroatoms. The van der Waals surface area contributed by atoms with E-state index in [0.717, 1.165) is 29.7 Å². The van der Waals surface area contributed by atoms with Gasteiger partial charge < -0.3 is 4.74 Å². The molecule has 0 unspecified atom stereocenters. The van der Waals surface area contributed by atoms with E-state index in [9.17, 15) is 4.39 Å². The van der Waals surface area contributed by atoms with Gasteiger partial charge in [0.25, 0.3) is 0 Å². The number of allylic oxidation sites excluding steroid dienone is 1. The van der Waals surface area contributed by atoms with E-state index in [1.165, 1.54) is 16.9 Å². The molecule has 3 aromatic carbocycles.